The van der Waals surface area contributed by atoms with Gasteiger partial charge in [0.05, 0.1) is 28.1 Å². The molecule has 1 fully saturated rings. The summed E-state index contributed by atoms with van der Waals surface area (Å²) in [5.74, 6) is 5.68. The van der Waals surface area contributed by atoms with Crippen LogP contribution in [0.15, 0.2) is 36.4 Å². The van der Waals surface area contributed by atoms with E-state index in [1.807, 2.05) is 32.0 Å². The van der Waals surface area contributed by atoms with E-state index in [1.54, 1.807) is 6.07 Å². The van der Waals surface area contributed by atoms with Crippen molar-refractivity contribution in [3.05, 3.63) is 58.1 Å². The highest BCUT2D eigenvalue weighted by Crippen LogP contribution is 2.48. The number of rotatable bonds is 1. The second kappa shape index (κ2) is 11.9. The fourth-order valence-corrected chi connectivity index (χ4v) is 10.0. The summed E-state index contributed by atoms with van der Waals surface area (Å²) in [6.45, 7) is 8.16. The van der Waals surface area contributed by atoms with Crippen LogP contribution in [0.25, 0.3) is 0 Å². The SMILES string of the molecule is C=S1(=O)NC(=O)c2ccc3c(c2)N(C[C@@H]2CC[C@H]2[C@H]([C@@H](C)O)CCC[C@H](C)[C@H]1C)C[C@@]1(CCCc2cc(Cl)ccc21)CO3. The zero-order chi connectivity index (χ0) is 30.5. The highest BCUT2D eigenvalue weighted by Gasteiger charge is 2.45. The number of hydrogen-bond acceptors (Lipinski definition) is 5. The number of amides is 1. The number of benzene rings is 2. The topological polar surface area (TPSA) is 78.9 Å². The third-order valence-corrected chi connectivity index (χ3v) is 13.7. The molecule has 6 nitrogen and oxygen atoms in total. The molecule has 0 aromatic heterocycles. The van der Waals surface area contributed by atoms with Gasteiger partial charge in [0, 0.05) is 34.3 Å². The van der Waals surface area contributed by atoms with Gasteiger partial charge in [-0.15, -0.1) is 0 Å². The summed E-state index contributed by atoms with van der Waals surface area (Å²) in [6, 6.07) is 11.9. The van der Waals surface area contributed by atoms with Crippen molar-refractivity contribution >= 4 is 38.8 Å². The smallest absolute Gasteiger partial charge is 0.262 e. The zero-order valence-corrected chi connectivity index (χ0v) is 27.4. The molecule has 2 aliphatic carbocycles. The van der Waals surface area contributed by atoms with Crippen molar-refractivity contribution in [2.75, 3.05) is 24.6 Å². The summed E-state index contributed by atoms with van der Waals surface area (Å²) < 4.78 is 23.1. The normalized spacial score (nSPS) is 35.4. The number of anilines is 1. The number of halogens is 1. The molecule has 1 saturated carbocycles. The van der Waals surface area contributed by atoms with E-state index in [-0.39, 0.29) is 34.5 Å². The molecule has 8 heteroatoms. The number of nitrogens with zero attached hydrogens (tertiary/aromatic N) is 1. The van der Waals surface area contributed by atoms with Crippen molar-refractivity contribution < 1.29 is 18.8 Å². The average molecular weight is 627 g/mol. The molecule has 1 unspecified atom stereocenters. The third kappa shape index (κ3) is 5.94. The molecular weight excluding hydrogens is 580 g/mol. The molecule has 2 heterocycles. The minimum absolute atomic E-state index is 0.130. The second-order valence-corrected chi connectivity index (χ2v) is 16.8. The molecule has 0 radical (unpaired) electrons. The lowest BCUT2D eigenvalue weighted by Crippen LogP contribution is -2.49. The lowest BCUT2D eigenvalue weighted by atomic mass is 9.64. The van der Waals surface area contributed by atoms with E-state index in [2.05, 4.69) is 34.5 Å². The lowest BCUT2D eigenvalue weighted by molar-refractivity contribution is 0.0112. The summed E-state index contributed by atoms with van der Waals surface area (Å²) in [6.07, 6.45) is 7.78. The van der Waals surface area contributed by atoms with Crippen LogP contribution in [0.3, 0.4) is 0 Å². The maximum absolute atomic E-state index is 13.7. The van der Waals surface area contributed by atoms with Gasteiger partial charge in [0.15, 0.2) is 0 Å². The van der Waals surface area contributed by atoms with Crippen molar-refractivity contribution in [2.24, 2.45) is 23.7 Å². The Hall–Kier alpha value is -2.22. The largest absolute Gasteiger partial charge is 0.490 e. The lowest BCUT2D eigenvalue weighted by Gasteiger charge is -2.47. The number of fused-ring (bicyclic) bond motifs is 4. The Balaban J connectivity index is 1.42. The first-order valence-corrected chi connectivity index (χ1v) is 18.3. The summed E-state index contributed by atoms with van der Waals surface area (Å²) >= 11 is 6.43. The molecule has 0 saturated heterocycles. The minimum Gasteiger partial charge on any atom is -0.490 e. The molecule has 43 heavy (non-hydrogen) atoms. The van der Waals surface area contributed by atoms with Crippen LogP contribution in [0.4, 0.5) is 5.69 Å². The van der Waals surface area contributed by atoms with Crippen LogP contribution in [0.1, 0.15) is 87.2 Å². The first-order valence-electron chi connectivity index (χ1n) is 16.1. The molecule has 234 valence electrons. The number of carbonyl (C=O) groups is 1. The van der Waals surface area contributed by atoms with Crippen LogP contribution < -0.4 is 14.4 Å². The molecule has 2 aromatic rings. The fraction of sp³-hybridized carbons (Fsp3) is 0.600. The van der Waals surface area contributed by atoms with Gasteiger partial charge in [-0.1, -0.05) is 31.0 Å². The van der Waals surface area contributed by atoms with Gasteiger partial charge in [-0.2, -0.15) is 0 Å². The number of hydrogen-bond donors (Lipinski definition) is 2. The number of aliphatic hydroxyl groups excluding tert-OH is 1. The van der Waals surface area contributed by atoms with Gasteiger partial charge in [0.25, 0.3) is 5.91 Å². The van der Waals surface area contributed by atoms with Gasteiger partial charge in [-0.3, -0.25) is 9.52 Å². The van der Waals surface area contributed by atoms with Gasteiger partial charge in [-0.05, 0) is 130 Å². The van der Waals surface area contributed by atoms with E-state index in [1.165, 1.54) is 11.1 Å². The molecule has 2 N–H and O–H groups in total. The molecule has 1 spiro atoms. The monoisotopic (exact) mass is 626 g/mol. The second-order valence-electron chi connectivity index (χ2n) is 14.0. The Morgan fingerprint density at radius 2 is 1.95 bits per heavy atom. The van der Waals surface area contributed by atoms with E-state index in [0.29, 0.717) is 24.0 Å². The predicted octanol–water partition coefficient (Wildman–Crippen LogP) is 6.41. The van der Waals surface area contributed by atoms with Gasteiger partial charge in [-0.25, -0.2) is 4.21 Å². The number of nitrogens with one attached hydrogen (secondary N) is 1. The zero-order valence-electron chi connectivity index (χ0n) is 25.8. The molecule has 8 atom stereocenters. The minimum atomic E-state index is -2.88. The summed E-state index contributed by atoms with van der Waals surface area (Å²) in [7, 11) is -2.88. The molecular formula is C35H47ClN2O4S. The van der Waals surface area contributed by atoms with Crippen molar-refractivity contribution in [3.63, 3.8) is 0 Å². The van der Waals surface area contributed by atoms with Crippen LogP contribution in [0.2, 0.25) is 5.02 Å². The molecule has 4 aliphatic rings. The number of ether oxygens (including phenoxy) is 1. The Morgan fingerprint density at radius 1 is 1.14 bits per heavy atom. The van der Waals surface area contributed by atoms with Gasteiger partial charge < -0.3 is 14.7 Å². The highest BCUT2D eigenvalue weighted by atomic mass is 35.5. The molecule has 2 bridgehead atoms. The molecule has 2 aliphatic heterocycles. The number of carbonyl (C=O) groups excluding carboxylic acids is 1. The van der Waals surface area contributed by atoms with Crippen LogP contribution >= 0.6 is 11.6 Å². The molecule has 1 amide bonds. The van der Waals surface area contributed by atoms with Crippen LogP contribution in [-0.4, -0.2) is 52.1 Å². The van der Waals surface area contributed by atoms with Crippen LogP contribution in [-0.2, 0) is 21.5 Å². The highest BCUT2D eigenvalue weighted by molar-refractivity contribution is 7.99. The standard InChI is InChI=1S/C35H47ClN2O4S/c1-22-7-5-9-29(23(2)39)30-13-10-27(30)19-38-20-35(16-6-8-25-17-28(36)12-14-31(25)35)21-42-33-15-11-26(18-32(33)38)34(40)37-43(4,41)24(22)3/h11-12,14-15,17-18,22-24,27,29-30,39H,4-10,13,16,19-21H2,1-3H3,(H,37,40,41)/t22-,23+,24+,27-,29-,30+,35-,43?/m0/s1. The van der Waals surface area contributed by atoms with E-state index in [4.69, 9.17) is 16.3 Å². The van der Waals surface area contributed by atoms with Crippen LogP contribution in [0.5, 0.6) is 5.75 Å². The van der Waals surface area contributed by atoms with Crippen molar-refractivity contribution in [2.45, 2.75) is 88.9 Å². The molecule has 2 aromatic carbocycles. The van der Waals surface area contributed by atoms with Gasteiger partial charge in [0.1, 0.15) is 5.75 Å². The Kier molecular flexibility index (Phi) is 8.55. The maximum Gasteiger partial charge on any atom is 0.262 e. The summed E-state index contributed by atoms with van der Waals surface area (Å²) in [5.41, 5.74) is 3.79. The first kappa shape index (κ1) is 30.8. The first-order chi connectivity index (χ1) is 20.5. The average Bonchev–Trinajstić information content (AvgIpc) is 3.10. The third-order valence-electron chi connectivity index (χ3n) is 11.3. The molecule has 6 rings (SSSR count). The fourth-order valence-electron chi connectivity index (χ4n) is 8.33. The van der Waals surface area contributed by atoms with E-state index < -0.39 is 9.71 Å². The van der Waals surface area contributed by atoms with E-state index in [9.17, 15) is 14.1 Å². The van der Waals surface area contributed by atoms with E-state index >= 15 is 0 Å². The number of aliphatic hydroxyl groups is 1. The maximum atomic E-state index is 13.7. The van der Waals surface area contributed by atoms with Gasteiger partial charge >= 0.3 is 0 Å². The quantitative estimate of drug-likeness (QED) is 0.358. The summed E-state index contributed by atoms with van der Waals surface area (Å²) in [4.78, 5) is 16.0. The Bertz CT molecular complexity index is 1480. The van der Waals surface area contributed by atoms with Crippen molar-refractivity contribution in [1.29, 1.82) is 0 Å². The summed E-state index contributed by atoms with van der Waals surface area (Å²) in [5, 5.41) is 11.4. The Morgan fingerprint density at radius 3 is 2.70 bits per heavy atom. The van der Waals surface area contributed by atoms with Crippen molar-refractivity contribution in [3.8, 4) is 5.75 Å². The van der Waals surface area contributed by atoms with Crippen molar-refractivity contribution in [1.82, 2.24) is 4.72 Å². The predicted molar refractivity (Wildman–Crippen MR) is 177 cm³/mol. The number of aryl methyl sites for hydroxylation is 1. The van der Waals surface area contributed by atoms with Gasteiger partial charge in [0.2, 0.25) is 0 Å². The van der Waals surface area contributed by atoms with Crippen LogP contribution in [0, 0.1) is 23.7 Å². The van der Waals surface area contributed by atoms with E-state index in [0.717, 1.165) is 80.9 Å². The Labute approximate surface area is 262 Å².